The van der Waals surface area contributed by atoms with E-state index in [1.807, 2.05) is 0 Å². The molecule has 1 aromatic carbocycles. The Hall–Kier alpha value is -1.40. The molecule has 16 heavy (non-hydrogen) atoms. The van der Waals surface area contributed by atoms with E-state index < -0.39 is 15.6 Å². The van der Waals surface area contributed by atoms with Crippen LogP contribution < -0.4 is 10.0 Å². The van der Waals surface area contributed by atoms with Gasteiger partial charge < -0.3 is 5.32 Å². The average Bonchev–Trinajstić information content (AvgIpc) is 2.37. The zero-order chi connectivity index (χ0) is 12.0. The Balaban J connectivity index is 2.53. The SMILES string of the molecule is CC1(NS(C)(=O)=O)C(=O)Nc2ccccc21. The van der Waals surface area contributed by atoms with Crippen LogP contribution in [-0.2, 0) is 20.4 Å². The van der Waals surface area contributed by atoms with Crippen molar-refractivity contribution in [3.63, 3.8) is 0 Å². The third-order valence-corrected chi connectivity index (χ3v) is 3.34. The molecule has 86 valence electrons. The van der Waals surface area contributed by atoms with Crippen molar-refractivity contribution in [2.45, 2.75) is 12.5 Å². The fourth-order valence-corrected chi connectivity index (χ4v) is 2.81. The number of rotatable bonds is 2. The van der Waals surface area contributed by atoms with Crippen molar-refractivity contribution >= 4 is 21.6 Å². The molecule has 0 saturated carbocycles. The van der Waals surface area contributed by atoms with E-state index in [1.54, 1.807) is 31.2 Å². The lowest BCUT2D eigenvalue weighted by Crippen LogP contribution is -2.47. The van der Waals surface area contributed by atoms with Crippen LogP contribution in [0, 0.1) is 0 Å². The summed E-state index contributed by atoms with van der Waals surface area (Å²) >= 11 is 0. The maximum absolute atomic E-state index is 11.8. The second-order valence-corrected chi connectivity index (χ2v) is 5.75. The normalized spacial score (nSPS) is 24.0. The molecule has 6 heteroatoms. The number of carbonyl (C=O) groups is 1. The predicted molar refractivity (Wildman–Crippen MR) is 60.4 cm³/mol. The molecule has 1 aliphatic rings. The van der Waals surface area contributed by atoms with E-state index in [0.717, 1.165) is 6.26 Å². The van der Waals surface area contributed by atoms with Crippen molar-refractivity contribution in [1.82, 2.24) is 4.72 Å². The van der Waals surface area contributed by atoms with E-state index in [4.69, 9.17) is 0 Å². The molecule has 0 bridgehead atoms. The first-order chi connectivity index (χ1) is 7.33. The Morgan fingerprint density at radius 2 is 1.94 bits per heavy atom. The highest BCUT2D eigenvalue weighted by atomic mass is 32.2. The van der Waals surface area contributed by atoms with Gasteiger partial charge in [-0.05, 0) is 13.0 Å². The largest absolute Gasteiger partial charge is 0.324 e. The fraction of sp³-hybridized carbons (Fsp3) is 0.300. The number of hydrogen-bond donors (Lipinski definition) is 2. The molecule has 1 unspecified atom stereocenters. The van der Waals surface area contributed by atoms with Crippen molar-refractivity contribution in [3.8, 4) is 0 Å². The van der Waals surface area contributed by atoms with Gasteiger partial charge in [-0.25, -0.2) is 8.42 Å². The molecule has 5 nitrogen and oxygen atoms in total. The zero-order valence-corrected chi connectivity index (χ0v) is 9.76. The molecule has 0 aliphatic carbocycles. The molecule has 0 aromatic heterocycles. The third kappa shape index (κ3) is 1.70. The monoisotopic (exact) mass is 240 g/mol. The molecule has 2 rings (SSSR count). The molecule has 1 aromatic rings. The van der Waals surface area contributed by atoms with Crippen LogP contribution in [-0.4, -0.2) is 20.6 Å². The number of anilines is 1. The van der Waals surface area contributed by atoms with Crippen LogP contribution in [0.15, 0.2) is 24.3 Å². The van der Waals surface area contributed by atoms with Crippen molar-refractivity contribution in [1.29, 1.82) is 0 Å². The maximum atomic E-state index is 11.8. The fourth-order valence-electron chi connectivity index (χ4n) is 1.87. The minimum absolute atomic E-state index is 0.362. The van der Waals surface area contributed by atoms with Crippen molar-refractivity contribution in [3.05, 3.63) is 29.8 Å². The quantitative estimate of drug-likeness (QED) is 0.786. The van der Waals surface area contributed by atoms with Gasteiger partial charge in [0.15, 0.2) is 0 Å². The number of sulfonamides is 1. The second kappa shape index (κ2) is 3.29. The number of benzene rings is 1. The molecule has 1 heterocycles. The average molecular weight is 240 g/mol. The van der Waals surface area contributed by atoms with E-state index in [0.29, 0.717) is 11.3 Å². The number of fused-ring (bicyclic) bond motifs is 1. The Morgan fingerprint density at radius 3 is 2.56 bits per heavy atom. The summed E-state index contributed by atoms with van der Waals surface area (Å²) in [6.45, 7) is 1.55. The minimum atomic E-state index is -3.45. The van der Waals surface area contributed by atoms with Gasteiger partial charge in [-0.1, -0.05) is 18.2 Å². The molecular weight excluding hydrogens is 228 g/mol. The first-order valence-corrected chi connectivity index (χ1v) is 6.62. The Bertz CT molecular complexity index is 553. The summed E-state index contributed by atoms with van der Waals surface area (Å²) in [4.78, 5) is 11.8. The van der Waals surface area contributed by atoms with E-state index >= 15 is 0 Å². The topological polar surface area (TPSA) is 75.3 Å². The first kappa shape index (κ1) is 11.1. The predicted octanol–water partition coefficient (Wildman–Crippen LogP) is 0.403. The van der Waals surface area contributed by atoms with E-state index in [1.165, 1.54) is 0 Å². The zero-order valence-electron chi connectivity index (χ0n) is 8.94. The van der Waals surface area contributed by atoms with Crippen LogP contribution in [0.25, 0.3) is 0 Å². The van der Waals surface area contributed by atoms with Crippen molar-refractivity contribution in [2.75, 3.05) is 11.6 Å². The summed E-state index contributed by atoms with van der Waals surface area (Å²) in [7, 11) is -3.45. The van der Waals surface area contributed by atoms with Gasteiger partial charge >= 0.3 is 0 Å². The van der Waals surface area contributed by atoms with Crippen molar-refractivity contribution in [2.24, 2.45) is 0 Å². The Morgan fingerprint density at radius 1 is 1.31 bits per heavy atom. The standard InChI is InChI=1S/C10H12N2O3S/c1-10(12-16(2,14)15)7-5-3-4-6-8(7)11-9(10)13/h3-6,12H,1-2H3,(H,11,13). The molecule has 0 fully saturated rings. The molecule has 1 aliphatic heterocycles. The van der Waals surface area contributed by atoms with Gasteiger partial charge in [0.05, 0.1) is 6.26 Å². The lowest BCUT2D eigenvalue weighted by molar-refractivity contribution is -0.120. The van der Waals surface area contributed by atoms with Gasteiger partial charge in [0, 0.05) is 11.3 Å². The Labute approximate surface area is 93.9 Å². The molecule has 1 amide bonds. The summed E-state index contributed by atoms with van der Waals surface area (Å²) in [5, 5.41) is 2.64. The summed E-state index contributed by atoms with van der Waals surface area (Å²) < 4.78 is 24.9. The number of nitrogens with one attached hydrogen (secondary N) is 2. The van der Waals surface area contributed by atoms with Gasteiger partial charge in [-0.2, -0.15) is 4.72 Å². The molecule has 0 spiro atoms. The van der Waals surface area contributed by atoms with Crippen LogP contribution in [0.1, 0.15) is 12.5 Å². The van der Waals surface area contributed by atoms with Crippen molar-refractivity contribution < 1.29 is 13.2 Å². The van der Waals surface area contributed by atoms with E-state index in [-0.39, 0.29) is 5.91 Å². The van der Waals surface area contributed by atoms with Crippen LogP contribution in [0.5, 0.6) is 0 Å². The minimum Gasteiger partial charge on any atom is -0.324 e. The van der Waals surface area contributed by atoms with E-state index in [2.05, 4.69) is 10.0 Å². The number of hydrogen-bond acceptors (Lipinski definition) is 3. The summed E-state index contributed by atoms with van der Waals surface area (Å²) in [5.74, 6) is -0.362. The number of amides is 1. The van der Waals surface area contributed by atoms with Crippen LogP contribution in [0.3, 0.4) is 0 Å². The highest BCUT2D eigenvalue weighted by molar-refractivity contribution is 7.88. The van der Waals surface area contributed by atoms with Crippen LogP contribution in [0.2, 0.25) is 0 Å². The first-order valence-electron chi connectivity index (χ1n) is 4.73. The smallest absolute Gasteiger partial charge is 0.250 e. The molecule has 0 saturated heterocycles. The van der Waals surface area contributed by atoms with Gasteiger partial charge in [0.1, 0.15) is 5.54 Å². The lowest BCUT2D eigenvalue weighted by atomic mass is 9.95. The Kier molecular flexibility index (Phi) is 2.28. The second-order valence-electron chi connectivity index (χ2n) is 4.00. The summed E-state index contributed by atoms with van der Waals surface area (Å²) in [6, 6.07) is 7.01. The third-order valence-electron chi connectivity index (χ3n) is 2.56. The molecule has 1 atom stereocenters. The highest BCUT2D eigenvalue weighted by Crippen LogP contribution is 2.35. The van der Waals surface area contributed by atoms with Crippen LogP contribution in [0.4, 0.5) is 5.69 Å². The molecule has 2 N–H and O–H groups in total. The van der Waals surface area contributed by atoms with Crippen LogP contribution >= 0.6 is 0 Å². The lowest BCUT2D eigenvalue weighted by Gasteiger charge is -2.22. The highest BCUT2D eigenvalue weighted by Gasteiger charge is 2.44. The summed E-state index contributed by atoms with van der Waals surface area (Å²) in [6.07, 6.45) is 1.03. The van der Waals surface area contributed by atoms with E-state index in [9.17, 15) is 13.2 Å². The van der Waals surface area contributed by atoms with Gasteiger partial charge in [-0.3, -0.25) is 4.79 Å². The van der Waals surface area contributed by atoms with Gasteiger partial charge in [-0.15, -0.1) is 0 Å². The maximum Gasteiger partial charge on any atom is 0.250 e. The molecular formula is C10H12N2O3S. The number of carbonyl (C=O) groups excluding carboxylic acids is 1. The number of para-hydroxylation sites is 1. The van der Waals surface area contributed by atoms with Gasteiger partial charge in [0.2, 0.25) is 15.9 Å². The molecule has 0 radical (unpaired) electrons. The van der Waals surface area contributed by atoms with Gasteiger partial charge in [0.25, 0.3) is 0 Å². The summed E-state index contributed by atoms with van der Waals surface area (Å²) in [5.41, 5.74) is 0.0704.